The summed E-state index contributed by atoms with van der Waals surface area (Å²) < 4.78 is 0. The molecule has 0 aromatic carbocycles. The summed E-state index contributed by atoms with van der Waals surface area (Å²) in [6.07, 6.45) is 8.11. The average molecular weight is 252 g/mol. The number of carbonyl (C=O) groups is 1. The van der Waals surface area contributed by atoms with Gasteiger partial charge in [-0.05, 0) is 38.0 Å². The number of hydrogen-bond donors (Lipinski definition) is 1. The van der Waals surface area contributed by atoms with E-state index in [1.807, 2.05) is 0 Å². The van der Waals surface area contributed by atoms with Crippen molar-refractivity contribution in [1.29, 1.82) is 0 Å². The van der Waals surface area contributed by atoms with E-state index in [4.69, 9.17) is 0 Å². The van der Waals surface area contributed by atoms with Crippen LogP contribution in [0.25, 0.3) is 0 Å². The first-order chi connectivity index (χ1) is 8.72. The van der Waals surface area contributed by atoms with E-state index in [0.29, 0.717) is 17.9 Å². The first-order valence-electron chi connectivity index (χ1n) is 7.76. The number of likely N-dealkylation sites (tertiary alicyclic amines) is 1. The SMILES string of the molecule is CCCC(=O)N1CC(CCC)CC(NC2CC2)C1. The van der Waals surface area contributed by atoms with Crippen LogP contribution in [0.15, 0.2) is 0 Å². The van der Waals surface area contributed by atoms with Crippen molar-refractivity contribution in [1.82, 2.24) is 10.2 Å². The molecule has 1 saturated heterocycles. The Morgan fingerprint density at radius 1 is 1.17 bits per heavy atom. The van der Waals surface area contributed by atoms with E-state index in [1.54, 1.807) is 0 Å². The molecule has 0 bridgehead atoms. The molecule has 2 unspecified atom stereocenters. The Hall–Kier alpha value is -0.570. The molecule has 104 valence electrons. The van der Waals surface area contributed by atoms with E-state index in [-0.39, 0.29) is 0 Å². The van der Waals surface area contributed by atoms with Gasteiger partial charge in [0.15, 0.2) is 0 Å². The van der Waals surface area contributed by atoms with E-state index in [0.717, 1.165) is 32.0 Å². The van der Waals surface area contributed by atoms with Crippen molar-refractivity contribution in [2.75, 3.05) is 13.1 Å². The monoisotopic (exact) mass is 252 g/mol. The third-order valence-corrected chi connectivity index (χ3v) is 4.10. The molecule has 0 spiro atoms. The number of amides is 1. The number of nitrogens with one attached hydrogen (secondary N) is 1. The predicted molar refractivity (Wildman–Crippen MR) is 74.4 cm³/mol. The topological polar surface area (TPSA) is 32.3 Å². The van der Waals surface area contributed by atoms with Crippen molar-refractivity contribution in [3.63, 3.8) is 0 Å². The highest BCUT2D eigenvalue weighted by Crippen LogP contribution is 2.26. The fourth-order valence-electron chi connectivity index (χ4n) is 3.10. The first-order valence-corrected chi connectivity index (χ1v) is 7.76. The summed E-state index contributed by atoms with van der Waals surface area (Å²) in [5, 5.41) is 3.71. The van der Waals surface area contributed by atoms with Crippen LogP contribution in [-0.2, 0) is 4.79 Å². The normalized spacial score (nSPS) is 28.4. The number of rotatable bonds is 6. The molecule has 1 saturated carbocycles. The van der Waals surface area contributed by atoms with E-state index in [1.165, 1.54) is 32.1 Å². The molecular formula is C15H28N2O. The summed E-state index contributed by atoms with van der Waals surface area (Å²) in [5.41, 5.74) is 0. The lowest BCUT2D eigenvalue weighted by molar-refractivity contribution is -0.133. The lowest BCUT2D eigenvalue weighted by Crippen LogP contribution is -2.51. The quantitative estimate of drug-likeness (QED) is 0.788. The van der Waals surface area contributed by atoms with Crippen LogP contribution in [0.4, 0.5) is 0 Å². The Balaban J connectivity index is 1.89. The smallest absolute Gasteiger partial charge is 0.222 e. The summed E-state index contributed by atoms with van der Waals surface area (Å²) >= 11 is 0. The van der Waals surface area contributed by atoms with Crippen molar-refractivity contribution >= 4 is 5.91 Å². The zero-order chi connectivity index (χ0) is 13.0. The number of carbonyl (C=O) groups excluding carboxylic acids is 1. The summed E-state index contributed by atoms with van der Waals surface area (Å²) in [6, 6.07) is 1.29. The number of piperidine rings is 1. The molecule has 3 heteroatoms. The van der Waals surface area contributed by atoms with Crippen molar-refractivity contribution in [3.8, 4) is 0 Å². The molecule has 1 aliphatic carbocycles. The Morgan fingerprint density at radius 3 is 2.56 bits per heavy atom. The Labute approximate surface area is 111 Å². The van der Waals surface area contributed by atoms with Gasteiger partial charge in [-0.2, -0.15) is 0 Å². The Kier molecular flexibility index (Phi) is 5.04. The Bertz CT molecular complexity index is 276. The van der Waals surface area contributed by atoms with Crippen LogP contribution in [0.3, 0.4) is 0 Å². The summed E-state index contributed by atoms with van der Waals surface area (Å²) in [6.45, 7) is 6.27. The fraction of sp³-hybridized carbons (Fsp3) is 0.933. The first kappa shape index (κ1) is 13.9. The highest BCUT2D eigenvalue weighted by atomic mass is 16.2. The maximum absolute atomic E-state index is 12.1. The van der Waals surface area contributed by atoms with Crippen LogP contribution >= 0.6 is 0 Å². The zero-order valence-corrected chi connectivity index (χ0v) is 12.0. The largest absolute Gasteiger partial charge is 0.341 e. The molecule has 2 atom stereocenters. The van der Waals surface area contributed by atoms with E-state index in [9.17, 15) is 4.79 Å². The minimum atomic E-state index is 0.362. The van der Waals surface area contributed by atoms with Crippen molar-refractivity contribution in [2.45, 2.75) is 70.9 Å². The standard InChI is InChI=1S/C15H28N2O/c1-3-5-12-9-14(16-13-7-8-13)11-17(10-12)15(18)6-4-2/h12-14,16H,3-11H2,1-2H3. The van der Waals surface area contributed by atoms with Crippen molar-refractivity contribution in [2.24, 2.45) is 5.92 Å². The minimum absolute atomic E-state index is 0.362. The van der Waals surface area contributed by atoms with Gasteiger partial charge in [0, 0.05) is 31.6 Å². The molecule has 0 radical (unpaired) electrons. The minimum Gasteiger partial charge on any atom is -0.341 e. The van der Waals surface area contributed by atoms with E-state index >= 15 is 0 Å². The maximum Gasteiger partial charge on any atom is 0.222 e. The van der Waals surface area contributed by atoms with Crippen LogP contribution in [0, 0.1) is 5.92 Å². The molecule has 18 heavy (non-hydrogen) atoms. The summed E-state index contributed by atoms with van der Waals surface area (Å²) in [5.74, 6) is 1.07. The highest BCUT2D eigenvalue weighted by Gasteiger charge is 2.32. The highest BCUT2D eigenvalue weighted by molar-refractivity contribution is 5.76. The Morgan fingerprint density at radius 2 is 1.94 bits per heavy atom. The lowest BCUT2D eigenvalue weighted by Gasteiger charge is -2.38. The fourth-order valence-corrected chi connectivity index (χ4v) is 3.10. The molecule has 1 N–H and O–H groups in total. The van der Waals surface area contributed by atoms with Crippen LogP contribution in [0.2, 0.25) is 0 Å². The van der Waals surface area contributed by atoms with Crippen LogP contribution in [0.5, 0.6) is 0 Å². The van der Waals surface area contributed by atoms with Gasteiger partial charge in [0.1, 0.15) is 0 Å². The molecule has 2 fully saturated rings. The van der Waals surface area contributed by atoms with Gasteiger partial charge in [-0.1, -0.05) is 20.3 Å². The third-order valence-electron chi connectivity index (χ3n) is 4.10. The molecule has 0 aromatic heterocycles. The maximum atomic E-state index is 12.1. The molecular weight excluding hydrogens is 224 g/mol. The molecule has 0 aromatic rings. The van der Waals surface area contributed by atoms with Gasteiger partial charge in [0.05, 0.1) is 0 Å². The second kappa shape index (κ2) is 6.55. The second-order valence-corrected chi connectivity index (χ2v) is 6.08. The lowest BCUT2D eigenvalue weighted by atomic mass is 9.90. The molecule has 2 aliphatic rings. The van der Waals surface area contributed by atoms with Gasteiger partial charge < -0.3 is 10.2 Å². The summed E-state index contributed by atoms with van der Waals surface area (Å²) in [7, 11) is 0. The molecule has 1 aliphatic heterocycles. The van der Waals surface area contributed by atoms with Gasteiger partial charge in [-0.3, -0.25) is 4.79 Å². The van der Waals surface area contributed by atoms with Gasteiger partial charge in [0.2, 0.25) is 5.91 Å². The number of hydrogen-bond acceptors (Lipinski definition) is 2. The van der Waals surface area contributed by atoms with Crippen LogP contribution < -0.4 is 5.32 Å². The second-order valence-electron chi connectivity index (χ2n) is 6.08. The predicted octanol–water partition coefficient (Wildman–Crippen LogP) is 2.56. The molecule has 1 heterocycles. The number of nitrogens with zero attached hydrogens (tertiary/aromatic N) is 1. The molecule has 3 nitrogen and oxygen atoms in total. The van der Waals surface area contributed by atoms with Crippen LogP contribution in [-0.4, -0.2) is 36.0 Å². The van der Waals surface area contributed by atoms with Gasteiger partial charge in [-0.25, -0.2) is 0 Å². The van der Waals surface area contributed by atoms with Crippen LogP contribution in [0.1, 0.15) is 58.8 Å². The third kappa shape index (κ3) is 3.98. The van der Waals surface area contributed by atoms with Gasteiger partial charge in [-0.15, -0.1) is 0 Å². The average Bonchev–Trinajstić information content (AvgIpc) is 3.13. The molecule has 1 amide bonds. The summed E-state index contributed by atoms with van der Waals surface area (Å²) in [4.78, 5) is 14.2. The van der Waals surface area contributed by atoms with Gasteiger partial charge >= 0.3 is 0 Å². The van der Waals surface area contributed by atoms with E-state index in [2.05, 4.69) is 24.1 Å². The van der Waals surface area contributed by atoms with Crippen molar-refractivity contribution in [3.05, 3.63) is 0 Å². The van der Waals surface area contributed by atoms with E-state index < -0.39 is 0 Å². The van der Waals surface area contributed by atoms with Crippen molar-refractivity contribution < 1.29 is 4.79 Å². The molecule has 2 rings (SSSR count). The zero-order valence-electron chi connectivity index (χ0n) is 12.0. The van der Waals surface area contributed by atoms with Gasteiger partial charge in [0.25, 0.3) is 0 Å².